The molecule has 0 bridgehead atoms. The number of alkyl halides is 3. The normalized spacial score (nSPS) is 11.1. The van der Waals surface area contributed by atoms with Crippen molar-refractivity contribution in [3.8, 4) is 22.9 Å². The number of esters is 1. The fourth-order valence-corrected chi connectivity index (χ4v) is 2.69. The molecule has 3 rings (SSSR count). The first-order valence-corrected chi connectivity index (χ1v) is 9.37. The molecule has 0 aliphatic rings. The van der Waals surface area contributed by atoms with Crippen molar-refractivity contribution in [3.63, 3.8) is 0 Å². The largest absolute Gasteiger partial charge is 0.493 e. The lowest BCUT2D eigenvalue weighted by Crippen LogP contribution is -2.30. The maximum Gasteiger partial charge on any atom is 0.416 e. The smallest absolute Gasteiger partial charge is 0.416 e. The molecule has 0 saturated carbocycles. The third kappa shape index (κ3) is 5.99. The third-order valence-corrected chi connectivity index (χ3v) is 4.31. The van der Waals surface area contributed by atoms with Crippen LogP contribution in [-0.2, 0) is 22.3 Å². The Labute approximate surface area is 185 Å². The molecule has 0 aliphatic carbocycles. The van der Waals surface area contributed by atoms with Gasteiger partial charge in [0.1, 0.15) is 6.54 Å². The Balaban J connectivity index is 1.53. The van der Waals surface area contributed by atoms with E-state index < -0.39 is 36.8 Å². The summed E-state index contributed by atoms with van der Waals surface area (Å²) in [6.45, 7) is -0.862. The van der Waals surface area contributed by atoms with E-state index in [1.807, 2.05) is 0 Å². The fourth-order valence-electron chi connectivity index (χ4n) is 2.69. The minimum Gasteiger partial charge on any atom is -0.493 e. The van der Waals surface area contributed by atoms with Gasteiger partial charge in [-0.05, 0) is 30.3 Å². The summed E-state index contributed by atoms with van der Waals surface area (Å²) in [5.41, 5.74) is -0.528. The molecule has 33 heavy (non-hydrogen) atoms. The van der Waals surface area contributed by atoms with E-state index in [0.717, 1.165) is 12.1 Å². The molecule has 12 heteroatoms. The van der Waals surface area contributed by atoms with Crippen LogP contribution in [0.15, 0.2) is 47.0 Å². The zero-order valence-electron chi connectivity index (χ0n) is 17.4. The Bertz CT molecular complexity index is 1150. The van der Waals surface area contributed by atoms with Crippen molar-refractivity contribution in [3.05, 3.63) is 59.5 Å². The van der Waals surface area contributed by atoms with E-state index in [1.54, 1.807) is 6.07 Å². The van der Waals surface area contributed by atoms with Crippen molar-refractivity contribution >= 4 is 11.9 Å². The first kappa shape index (κ1) is 23.6. The number of benzene rings is 2. The van der Waals surface area contributed by atoms with Crippen LogP contribution in [0.2, 0.25) is 0 Å². The number of rotatable bonds is 8. The zero-order chi connectivity index (χ0) is 24.0. The predicted octanol–water partition coefficient (Wildman–Crippen LogP) is 3.25. The molecule has 0 saturated heterocycles. The van der Waals surface area contributed by atoms with Gasteiger partial charge in [-0.25, -0.2) is 0 Å². The molecule has 174 valence electrons. The van der Waals surface area contributed by atoms with Crippen LogP contribution in [0.25, 0.3) is 11.4 Å². The van der Waals surface area contributed by atoms with Gasteiger partial charge in [0.15, 0.2) is 18.1 Å². The Hall–Kier alpha value is -4.09. The molecule has 0 aliphatic heterocycles. The van der Waals surface area contributed by atoms with Crippen LogP contribution in [0.1, 0.15) is 21.8 Å². The molecule has 3 aromatic rings. The highest BCUT2D eigenvalue weighted by Crippen LogP contribution is 2.31. The van der Waals surface area contributed by atoms with Crippen molar-refractivity contribution in [1.29, 1.82) is 0 Å². The number of amides is 1. The summed E-state index contributed by atoms with van der Waals surface area (Å²) in [5, 5.41) is 5.99. The van der Waals surface area contributed by atoms with Crippen LogP contribution in [0, 0.1) is 0 Å². The fraction of sp³-hybridized carbons (Fsp3) is 0.238. The van der Waals surface area contributed by atoms with Crippen LogP contribution in [0.4, 0.5) is 13.2 Å². The van der Waals surface area contributed by atoms with Crippen molar-refractivity contribution in [1.82, 2.24) is 15.5 Å². The van der Waals surface area contributed by atoms with Gasteiger partial charge >= 0.3 is 12.1 Å². The van der Waals surface area contributed by atoms with Crippen molar-refractivity contribution < 1.29 is 41.5 Å². The lowest BCUT2D eigenvalue weighted by atomic mass is 10.1. The summed E-state index contributed by atoms with van der Waals surface area (Å²) in [6, 6.07) is 8.90. The van der Waals surface area contributed by atoms with Crippen molar-refractivity contribution in [2.45, 2.75) is 12.8 Å². The summed E-state index contributed by atoms with van der Waals surface area (Å²) in [4.78, 5) is 28.0. The minimum atomic E-state index is -4.51. The van der Waals surface area contributed by atoms with Crippen LogP contribution in [0.5, 0.6) is 11.5 Å². The van der Waals surface area contributed by atoms with E-state index in [2.05, 4.69) is 15.5 Å². The van der Waals surface area contributed by atoms with E-state index in [1.165, 1.54) is 38.5 Å². The predicted molar refractivity (Wildman–Crippen MR) is 106 cm³/mol. The van der Waals surface area contributed by atoms with Crippen molar-refractivity contribution in [2.24, 2.45) is 0 Å². The molecule has 0 spiro atoms. The second-order valence-corrected chi connectivity index (χ2v) is 6.50. The number of nitrogens with zero attached hydrogens (tertiary/aromatic N) is 2. The Morgan fingerprint density at radius 1 is 1.06 bits per heavy atom. The maximum absolute atomic E-state index is 12.8. The Morgan fingerprint density at radius 3 is 2.52 bits per heavy atom. The number of carbonyl (C=O) groups is 2. The van der Waals surface area contributed by atoms with Crippen LogP contribution in [-0.4, -0.2) is 42.8 Å². The van der Waals surface area contributed by atoms with Crippen molar-refractivity contribution in [2.75, 3.05) is 20.8 Å². The molecular formula is C21H18F3N3O6. The quantitative estimate of drug-likeness (QED) is 0.505. The number of hydrogen-bond donors (Lipinski definition) is 1. The first-order valence-electron chi connectivity index (χ1n) is 9.37. The molecule has 0 radical (unpaired) electrons. The van der Waals surface area contributed by atoms with Gasteiger partial charge in [0.25, 0.3) is 11.8 Å². The lowest BCUT2D eigenvalue weighted by molar-refractivity contribution is -0.144. The molecule has 1 N–H and O–H groups in total. The van der Waals surface area contributed by atoms with E-state index in [-0.39, 0.29) is 22.8 Å². The van der Waals surface area contributed by atoms with E-state index in [9.17, 15) is 22.8 Å². The highest BCUT2D eigenvalue weighted by Gasteiger charge is 2.30. The summed E-state index contributed by atoms with van der Waals surface area (Å²) in [6.07, 6.45) is -4.51. The SMILES string of the molecule is COc1ccc(C(=O)NCC(=O)OCc2nc(-c3cccc(C(F)(F)F)c3)no2)cc1OC. The first-order chi connectivity index (χ1) is 15.7. The molecule has 0 unspecified atom stereocenters. The average Bonchev–Trinajstić information content (AvgIpc) is 3.29. The van der Waals surface area contributed by atoms with E-state index >= 15 is 0 Å². The van der Waals surface area contributed by atoms with Gasteiger partial charge in [-0.2, -0.15) is 18.2 Å². The van der Waals surface area contributed by atoms with Crippen LogP contribution < -0.4 is 14.8 Å². The zero-order valence-corrected chi connectivity index (χ0v) is 17.4. The number of carbonyl (C=O) groups excluding carboxylic acids is 2. The van der Waals surface area contributed by atoms with E-state index in [0.29, 0.717) is 11.5 Å². The number of methoxy groups -OCH3 is 2. The highest BCUT2D eigenvalue weighted by atomic mass is 19.4. The topological polar surface area (TPSA) is 113 Å². The third-order valence-electron chi connectivity index (χ3n) is 4.31. The summed E-state index contributed by atoms with van der Waals surface area (Å²) >= 11 is 0. The molecule has 9 nitrogen and oxygen atoms in total. The highest BCUT2D eigenvalue weighted by molar-refractivity contribution is 5.96. The summed E-state index contributed by atoms with van der Waals surface area (Å²) in [7, 11) is 2.88. The van der Waals surface area contributed by atoms with Gasteiger partial charge in [-0.1, -0.05) is 17.3 Å². The molecule has 1 heterocycles. The Morgan fingerprint density at radius 2 is 1.82 bits per heavy atom. The summed E-state index contributed by atoms with van der Waals surface area (Å²) in [5.74, 6) is -0.755. The Kier molecular flexibility index (Phi) is 7.16. The van der Waals surface area contributed by atoms with Crippen LogP contribution >= 0.6 is 0 Å². The lowest BCUT2D eigenvalue weighted by Gasteiger charge is -2.09. The van der Waals surface area contributed by atoms with Crippen LogP contribution in [0.3, 0.4) is 0 Å². The number of hydrogen-bond acceptors (Lipinski definition) is 8. The average molecular weight is 465 g/mol. The summed E-state index contributed by atoms with van der Waals surface area (Å²) < 4.78 is 58.6. The number of halogens is 3. The van der Waals surface area contributed by atoms with Gasteiger partial charge in [-0.15, -0.1) is 0 Å². The number of aromatic nitrogens is 2. The maximum atomic E-state index is 12.8. The monoisotopic (exact) mass is 465 g/mol. The second-order valence-electron chi connectivity index (χ2n) is 6.50. The van der Waals surface area contributed by atoms with Gasteiger partial charge in [0, 0.05) is 11.1 Å². The van der Waals surface area contributed by atoms with Gasteiger partial charge in [-0.3, -0.25) is 9.59 Å². The number of ether oxygens (including phenoxy) is 3. The van der Waals surface area contributed by atoms with Gasteiger partial charge in [0.2, 0.25) is 5.82 Å². The molecule has 0 atom stereocenters. The van der Waals surface area contributed by atoms with Gasteiger partial charge in [0.05, 0.1) is 19.8 Å². The second kappa shape index (κ2) is 10.0. The standard InChI is InChI=1S/C21H18F3N3O6/c1-30-15-7-6-13(9-16(15)31-2)20(29)25-10-18(28)32-11-17-26-19(27-33-17)12-4-3-5-14(8-12)21(22,23)24/h3-9H,10-11H2,1-2H3,(H,25,29). The minimum absolute atomic E-state index is 0.0890. The molecule has 2 aromatic carbocycles. The molecule has 1 amide bonds. The van der Waals surface area contributed by atoms with E-state index in [4.69, 9.17) is 18.7 Å². The number of nitrogens with one attached hydrogen (secondary N) is 1. The molecular weight excluding hydrogens is 447 g/mol. The molecule has 0 fully saturated rings. The van der Waals surface area contributed by atoms with Gasteiger partial charge < -0.3 is 24.1 Å². The molecule has 1 aromatic heterocycles.